The van der Waals surface area contributed by atoms with E-state index in [2.05, 4.69) is 20.4 Å². The smallest absolute Gasteiger partial charge is 0.353 e. The van der Waals surface area contributed by atoms with Gasteiger partial charge in [-0.3, -0.25) is 9.78 Å². The number of pyridine rings is 1. The maximum Gasteiger partial charge on any atom is 0.405 e. The second-order valence-corrected chi connectivity index (χ2v) is 13.1. The molecule has 0 atom stereocenters. The summed E-state index contributed by atoms with van der Waals surface area (Å²) >= 11 is 13.3. The second kappa shape index (κ2) is 11.8. The largest absolute Gasteiger partial charge is 0.405 e. The molecule has 1 aliphatic rings. The number of benzene rings is 2. The van der Waals surface area contributed by atoms with Gasteiger partial charge in [0.15, 0.2) is 15.7 Å². The summed E-state index contributed by atoms with van der Waals surface area (Å²) in [6.45, 7) is -0.653. The van der Waals surface area contributed by atoms with Gasteiger partial charge in [0.2, 0.25) is 5.91 Å². The molecule has 2 aromatic carbocycles. The SMILES string of the molecule is CCS(=O)(=O)c1ccc(N(CC(=O)Nc2cc(Cl)c(C3(c4noc(-c5cccnc5)n4)CC3)c(Cl)c2)CC(F)(F)F)cc1. The maximum atomic E-state index is 13.4. The van der Waals surface area contributed by atoms with Crippen LogP contribution >= 0.6 is 23.2 Å². The molecule has 0 radical (unpaired) electrons. The van der Waals surface area contributed by atoms with Crippen LogP contribution in [0.15, 0.2) is 70.3 Å². The Morgan fingerprint density at radius 1 is 1.12 bits per heavy atom. The first-order chi connectivity index (χ1) is 20.3. The summed E-state index contributed by atoms with van der Waals surface area (Å²) in [5.74, 6) is -0.244. The Kier molecular flexibility index (Phi) is 8.43. The molecule has 9 nitrogen and oxygen atoms in total. The lowest BCUT2D eigenvalue weighted by Gasteiger charge is -2.26. The van der Waals surface area contributed by atoms with Crippen LogP contribution in [0.5, 0.6) is 0 Å². The number of nitrogens with one attached hydrogen (secondary N) is 1. The zero-order valence-corrected chi connectivity index (χ0v) is 24.9. The highest BCUT2D eigenvalue weighted by Crippen LogP contribution is 2.57. The number of aromatic nitrogens is 3. The molecule has 4 aromatic rings. The molecule has 1 saturated carbocycles. The number of alkyl halides is 3. The van der Waals surface area contributed by atoms with E-state index in [1.54, 1.807) is 24.5 Å². The van der Waals surface area contributed by atoms with Crippen LogP contribution < -0.4 is 10.2 Å². The van der Waals surface area contributed by atoms with Crippen LogP contribution in [0.4, 0.5) is 24.5 Å². The van der Waals surface area contributed by atoms with Gasteiger partial charge in [-0.15, -0.1) is 0 Å². The van der Waals surface area contributed by atoms with Gasteiger partial charge in [-0.1, -0.05) is 35.3 Å². The van der Waals surface area contributed by atoms with E-state index in [0.29, 0.717) is 29.8 Å². The highest BCUT2D eigenvalue weighted by atomic mass is 35.5. The monoisotopic (exact) mass is 653 g/mol. The number of anilines is 2. The summed E-state index contributed by atoms with van der Waals surface area (Å²) in [5.41, 5.74) is 0.708. The zero-order valence-electron chi connectivity index (χ0n) is 22.5. The minimum absolute atomic E-state index is 0.0235. The third-order valence-corrected chi connectivity index (χ3v) is 9.31. The molecule has 0 spiro atoms. The Bertz CT molecular complexity index is 1720. The molecule has 5 rings (SSSR count). The fourth-order valence-corrected chi connectivity index (χ4v) is 6.43. The summed E-state index contributed by atoms with van der Waals surface area (Å²) in [6, 6.07) is 11.3. The lowest BCUT2D eigenvalue weighted by atomic mass is 9.94. The van der Waals surface area contributed by atoms with Crippen LogP contribution in [-0.2, 0) is 20.0 Å². The van der Waals surface area contributed by atoms with Gasteiger partial charge < -0.3 is 14.7 Å². The molecule has 2 aromatic heterocycles. The lowest BCUT2D eigenvalue weighted by Crippen LogP contribution is -2.39. The van der Waals surface area contributed by atoms with Crippen molar-refractivity contribution in [2.24, 2.45) is 0 Å². The van der Waals surface area contributed by atoms with Gasteiger partial charge in [0, 0.05) is 39.4 Å². The molecular weight excluding hydrogens is 630 g/mol. The number of carbonyl (C=O) groups is 1. The topological polar surface area (TPSA) is 118 Å². The van der Waals surface area contributed by atoms with E-state index in [4.69, 9.17) is 27.7 Å². The van der Waals surface area contributed by atoms with E-state index in [1.165, 1.54) is 43.3 Å². The number of amides is 1. The van der Waals surface area contributed by atoms with Gasteiger partial charge in [-0.2, -0.15) is 18.2 Å². The Labute approximate surface area is 254 Å². The van der Waals surface area contributed by atoms with Crippen molar-refractivity contribution in [3.63, 3.8) is 0 Å². The van der Waals surface area contributed by atoms with Gasteiger partial charge in [-0.25, -0.2) is 8.42 Å². The molecule has 2 heterocycles. The van der Waals surface area contributed by atoms with E-state index in [9.17, 15) is 26.4 Å². The number of hydrogen-bond donors (Lipinski definition) is 1. The number of hydrogen-bond acceptors (Lipinski definition) is 8. The van der Waals surface area contributed by atoms with Crippen LogP contribution in [0, 0.1) is 0 Å². The van der Waals surface area contributed by atoms with E-state index < -0.39 is 40.4 Å². The van der Waals surface area contributed by atoms with E-state index in [0.717, 1.165) is 4.90 Å². The average molecular weight is 654 g/mol. The van der Waals surface area contributed by atoms with Gasteiger partial charge >= 0.3 is 6.18 Å². The van der Waals surface area contributed by atoms with Crippen LogP contribution in [0.1, 0.15) is 31.2 Å². The molecular formula is C28H24Cl2F3N5O4S. The fourth-order valence-electron chi connectivity index (χ4n) is 4.70. The molecule has 1 aliphatic carbocycles. The average Bonchev–Trinajstić information content (AvgIpc) is 3.58. The van der Waals surface area contributed by atoms with E-state index >= 15 is 0 Å². The molecule has 1 N–H and O–H groups in total. The first kappa shape index (κ1) is 30.8. The van der Waals surface area contributed by atoms with Crippen molar-refractivity contribution in [2.45, 2.75) is 36.3 Å². The minimum Gasteiger partial charge on any atom is -0.353 e. The number of carbonyl (C=O) groups excluding carboxylic acids is 1. The van der Waals surface area contributed by atoms with Crippen molar-refractivity contribution in [3.05, 3.63) is 82.4 Å². The van der Waals surface area contributed by atoms with Crippen molar-refractivity contribution in [1.82, 2.24) is 15.1 Å². The van der Waals surface area contributed by atoms with Crippen LogP contribution in [0.2, 0.25) is 10.0 Å². The minimum atomic E-state index is -4.63. The predicted octanol–water partition coefficient (Wildman–Crippen LogP) is 6.32. The lowest BCUT2D eigenvalue weighted by molar-refractivity contribution is -0.122. The standard InChI is InChI=1S/C28H24Cl2F3N5O4S/c1-2-43(40,41)20-7-5-19(6-8-20)38(16-28(31,32)33)15-23(39)35-18-12-21(29)24(22(30)13-18)27(9-10-27)26-36-25(42-37-26)17-4-3-11-34-14-17/h3-8,11-14H,2,9-10,15-16H2,1H3,(H,35,39). The summed E-state index contributed by atoms with van der Waals surface area (Å²) in [5, 5.41) is 7.12. The summed E-state index contributed by atoms with van der Waals surface area (Å²) in [7, 11) is -3.55. The molecule has 226 valence electrons. The Balaban J connectivity index is 1.34. The van der Waals surface area contributed by atoms with Crippen LogP contribution in [-0.4, -0.2) is 54.5 Å². The Hall–Kier alpha value is -3.68. The van der Waals surface area contributed by atoms with Crippen molar-refractivity contribution in [2.75, 3.05) is 29.1 Å². The van der Waals surface area contributed by atoms with E-state index in [1.807, 2.05) is 0 Å². The summed E-state index contributed by atoms with van der Waals surface area (Å²) < 4.78 is 69.7. The highest BCUT2D eigenvalue weighted by molar-refractivity contribution is 7.91. The van der Waals surface area contributed by atoms with Crippen LogP contribution in [0.25, 0.3) is 11.5 Å². The quantitative estimate of drug-likeness (QED) is 0.211. The second-order valence-electron chi connectivity index (χ2n) is 9.98. The molecule has 43 heavy (non-hydrogen) atoms. The highest BCUT2D eigenvalue weighted by Gasteiger charge is 2.52. The van der Waals surface area contributed by atoms with Crippen molar-refractivity contribution >= 4 is 50.3 Å². The molecule has 0 unspecified atom stereocenters. The predicted molar refractivity (Wildman–Crippen MR) is 155 cm³/mol. The van der Waals surface area contributed by atoms with Gasteiger partial charge in [0.1, 0.15) is 6.54 Å². The van der Waals surface area contributed by atoms with Crippen molar-refractivity contribution in [1.29, 1.82) is 0 Å². The first-order valence-electron chi connectivity index (χ1n) is 13.0. The van der Waals surface area contributed by atoms with Gasteiger partial charge in [0.05, 0.1) is 28.2 Å². The maximum absolute atomic E-state index is 13.4. The number of rotatable bonds is 10. The summed E-state index contributed by atoms with van der Waals surface area (Å²) in [4.78, 5) is 22.2. The van der Waals surface area contributed by atoms with Crippen molar-refractivity contribution in [3.8, 4) is 11.5 Å². The fraction of sp³-hybridized carbons (Fsp3) is 0.286. The Morgan fingerprint density at radius 3 is 2.35 bits per heavy atom. The van der Waals surface area contributed by atoms with Crippen molar-refractivity contribution < 1.29 is 30.9 Å². The Morgan fingerprint density at radius 2 is 1.79 bits per heavy atom. The molecule has 1 fully saturated rings. The summed E-state index contributed by atoms with van der Waals surface area (Å²) in [6.07, 6.45) is -0.122. The zero-order chi connectivity index (χ0) is 31.0. The third kappa shape index (κ3) is 6.78. The molecule has 15 heteroatoms. The third-order valence-electron chi connectivity index (χ3n) is 6.96. The number of nitrogens with zero attached hydrogens (tertiary/aromatic N) is 4. The van der Waals surface area contributed by atoms with E-state index in [-0.39, 0.29) is 38.0 Å². The number of sulfone groups is 1. The molecule has 0 bridgehead atoms. The molecule has 0 saturated heterocycles. The normalized spacial score (nSPS) is 14.4. The van der Waals surface area contributed by atoms with Crippen LogP contribution in [0.3, 0.4) is 0 Å². The first-order valence-corrected chi connectivity index (χ1v) is 15.4. The molecule has 0 aliphatic heterocycles. The van der Waals surface area contributed by atoms with Gasteiger partial charge in [0.25, 0.3) is 5.89 Å². The number of halogens is 5. The molecule has 1 amide bonds. The van der Waals surface area contributed by atoms with Gasteiger partial charge in [-0.05, 0) is 61.4 Å².